The summed E-state index contributed by atoms with van der Waals surface area (Å²) in [6.45, 7) is 4.21. The molecule has 0 aliphatic heterocycles. The van der Waals surface area contributed by atoms with Crippen molar-refractivity contribution in [3.8, 4) is 0 Å². The van der Waals surface area contributed by atoms with Gasteiger partial charge >= 0.3 is 0 Å². The summed E-state index contributed by atoms with van der Waals surface area (Å²) in [6.07, 6.45) is 0.863. The van der Waals surface area contributed by atoms with Gasteiger partial charge in [-0.3, -0.25) is 0 Å². The van der Waals surface area contributed by atoms with E-state index in [9.17, 15) is 0 Å². The average Bonchev–Trinajstić information content (AvgIpc) is 3.01. The Labute approximate surface area is 116 Å². The van der Waals surface area contributed by atoms with Crippen molar-refractivity contribution in [1.82, 2.24) is 0 Å². The lowest BCUT2D eigenvalue weighted by molar-refractivity contribution is 0.547. The first-order chi connectivity index (χ1) is 9.20. The van der Waals surface area contributed by atoms with Gasteiger partial charge in [-0.15, -0.1) is 11.3 Å². The van der Waals surface area contributed by atoms with Gasteiger partial charge in [0.15, 0.2) is 0 Å². The van der Waals surface area contributed by atoms with E-state index in [4.69, 9.17) is 10.2 Å². The van der Waals surface area contributed by atoms with Crippen LogP contribution in [0.15, 0.2) is 40.8 Å². The molecule has 2 heterocycles. The Morgan fingerprint density at radius 2 is 2.00 bits per heavy atom. The highest BCUT2D eigenvalue weighted by atomic mass is 32.1. The van der Waals surface area contributed by atoms with Crippen LogP contribution in [0.25, 0.3) is 11.0 Å². The Balaban J connectivity index is 2.17. The van der Waals surface area contributed by atoms with Gasteiger partial charge in [0.25, 0.3) is 0 Å². The van der Waals surface area contributed by atoms with Crippen molar-refractivity contribution >= 4 is 22.3 Å². The fourth-order valence-electron chi connectivity index (χ4n) is 2.48. The van der Waals surface area contributed by atoms with Gasteiger partial charge in [0.1, 0.15) is 11.3 Å². The lowest BCUT2D eigenvalue weighted by atomic mass is 10.0. The second kappa shape index (κ2) is 4.83. The zero-order valence-electron chi connectivity index (χ0n) is 11.1. The topological polar surface area (TPSA) is 39.2 Å². The number of nitrogens with two attached hydrogens (primary N) is 1. The molecule has 0 bridgehead atoms. The van der Waals surface area contributed by atoms with Gasteiger partial charge in [-0.2, -0.15) is 0 Å². The highest BCUT2D eigenvalue weighted by Crippen LogP contribution is 2.35. The molecular formula is C16H17NOS. The Morgan fingerprint density at radius 1 is 1.21 bits per heavy atom. The molecule has 0 spiro atoms. The minimum absolute atomic E-state index is 0.0997. The minimum atomic E-state index is -0.0997. The van der Waals surface area contributed by atoms with Crippen LogP contribution in [0.3, 0.4) is 0 Å². The molecule has 0 saturated heterocycles. The summed E-state index contributed by atoms with van der Waals surface area (Å²) < 4.78 is 5.92. The number of para-hydroxylation sites is 1. The zero-order chi connectivity index (χ0) is 13.4. The molecule has 0 fully saturated rings. The monoisotopic (exact) mass is 271 g/mol. The van der Waals surface area contributed by atoms with Gasteiger partial charge in [-0.1, -0.05) is 25.1 Å². The van der Waals surface area contributed by atoms with E-state index in [-0.39, 0.29) is 6.04 Å². The normalized spacial score (nSPS) is 13.0. The Bertz CT molecular complexity index is 710. The fraction of sp³-hybridized carbons (Fsp3) is 0.250. The first-order valence-corrected chi connectivity index (χ1v) is 7.34. The lowest BCUT2D eigenvalue weighted by Crippen LogP contribution is -2.11. The molecule has 19 heavy (non-hydrogen) atoms. The van der Waals surface area contributed by atoms with Crippen molar-refractivity contribution in [2.45, 2.75) is 26.3 Å². The van der Waals surface area contributed by atoms with Crippen LogP contribution < -0.4 is 5.73 Å². The van der Waals surface area contributed by atoms with Crippen molar-refractivity contribution in [2.24, 2.45) is 5.73 Å². The first-order valence-electron chi connectivity index (χ1n) is 6.53. The highest BCUT2D eigenvalue weighted by Gasteiger charge is 2.21. The zero-order valence-corrected chi connectivity index (χ0v) is 12.0. The standard InChI is InChI=1S/C16H17NOS/c1-3-12-15(11-6-4-5-7-13(11)18-12)16(17)14-9-8-10(2)19-14/h4-9,16H,3,17H2,1-2H3. The summed E-state index contributed by atoms with van der Waals surface area (Å²) in [7, 11) is 0. The van der Waals surface area contributed by atoms with E-state index in [0.717, 1.165) is 28.7 Å². The number of hydrogen-bond acceptors (Lipinski definition) is 3. The van der Waals surface area contributed by atoms with Crippen LogP contribution >= 0.6 is 11.3 Å². The van der Waals surface area contributed by atoms with Crippen LogP contribution in [-0.2, 0) is 6.42 Å². The second-order valence-corrected chi connectivity index (χ2v) is 6.03. The number of thiophene rings is 1. The molecule has 1 unspecified atom stereocenters. The third-order valence-electron chi connectivity index (χ3n) is 3.41. The van der Waals surface area contributed by atoms with E-state index in [1.54, 1.807) is 11.3 Å². The van der Waals surface area contributed by atoms with E-state index in [2.05, 4.69) is 32.0 Å². The molecule has 98 valence electrons. The summed E-state index contributed by atoms with van der Waals surface area (Å²) >= 11 is 1.76. The summed E-state index contributed by atoms with van der Waals surface area (Å²) in [5.41, 5.74) is 8.53. The number of fused-ring (bicyclic) bond motifs is 1. The molecule has 1 atom stereocenters. The van der Waals surface area contributed by atoms with Crippen molar-refractivity contribution in [1.29, 1.82) is 0 Å². The van der Waals surface area contributed by atoms with Gasteiger partial charge < -0.3 is 10.2 Å². The summed E-state index contributed by atoms with van der Waals surface area (Å²) in [5.74, 6) is 1.000. The number of benzene rings is 1. The molecule has 2 aromatic heterocycles. The smallest absolute Gasteiger partial charge is 0.134 e. The number of aryl methyl sites for hydroxylation is 2. The quantitative estimate of drug-likeness (QED) is 0.766. The Kier molecular flexibility index (Phi) is 3.17. The lowest BCUT2D eigenvalue weighted by Gasteiger charge is -2.10. The molecular weight excluding hydrogens is 254 g/mol. The largest absolute Gasteiger partial charge is 0.461 e. The molecule has 0 amide bonds. The van der Waals surface area contributed by atoms with E-state index < -0.39 is 0 Å². The van der Waals surface area contributed by atoms with Gasteiger partial charge in [-0.05, 0) is 25.1 Å². The van der Waals surface area contributed by atoms with E-state index in [1.165, 1.54) is 9.75 Å². The van der Waals surface area contributed by atoms with Gasteiger partial charge in [0, 0.05) is 27.1 Å². The molecule has 2 nitrogen and oxygen atoms in total. The van der Waals surface area contributed by atoms with E-state index in [0.29, 0.717) is 0 Å². The average molecular weight is 271 g/mol. The van der Waals surface area contributed by atoms with Crippen LogP contribution in [0.5, 0.6) is 0 Å². The minimum Gasteiger partial charge on any atom is -0.461 e. The Hall–Kier alpha value is -1.58. The summed E-state index contributed by atoms with van der Waals surface area (Å²) in [5, 5.41) is 1.14. The molecule has 3 heteroatoms. The van der Waals surface area contributed by atoms with Crippen molar-refractivity contribution in [3.05, 3.63) is 57.5 Å². The SMILES string of the molecule is CCc1oc2ccccc2c1C(N)c1ccc(C)s1. The predicted molar refractivity (Wildman–Crippen MR) is 80.7 cm³/mol. The van der Waals surface area contributed by atoms with Crippen LogP contribution in [-0.4, -0.2) is 0 Å². The van der Waals surface area contributed by atoms with E-state index in [1.807, 2.05) is 18.2 Å². The molecule has 0 radical (unpaired) electrons. The number of rotatable bonds is 3. The third kappa shape index (κ3) is 2.09. The fourth-order valence-corrected chi connectivity index (χ4v) is 3.37. The molecule has 2 N–H and O–H groups in total. The number of hydrogen-bond donors (Lipinski definition) is 1. The Morgan fingerprint density at radius 3 is 2.68 bits per heavy atom. The molecule has 3 aromatic rings. The summed E-state index contributed by atoms with van der Waals surface area (Å²) in [6, 6.07) is 12.3. The molecule has 0 saturated carbocycles. The van der Waals surface area contributed by atoms with Crippen LogP contribution in [0.4, 0.5) is 0 Å². The first kappa shape index (κ1) is 12.5. The second-order valence-electron chi connectivity index (χ2n) is 4.71. The summed E-state index contributed by atoms with van der Waals surface area (Å²) in [4.78, 5) is 2.48. The third-order valence-corrected chi connectivity index (χ3v) is 4.49. The maximum absolute atomic E-state index is 6.47. The van der Waals surface area contributed by atoms with Crippen LogP contribution in [0.1, 0.15) is 34.0 Å². The molecule has 1 aromatic carbocycles. The van der Waals surface area contributed by atoms with Gasteiger partial charge in [-0.25, -0.2) is 0 Å². The van der Waals surface area contributed by atoms with Gasteiger partial charge in [0.05, 0.1) is 6.04 Å². The molecule has 0 aliphatic rings. The predicted octanol–water partition coefficient (Wildman–Crippen LogP) is 4.41. The molecule has 3 rings (SSSR count). The number of furan rings is 1. The van der Waals surface area contributed by atoms with Crippen molar-refractivity contribution in [2.75, 3.05) is 0 Å². The maximum Gasteiger partial charge on any atom is 0.134 e. The van der Waals surface area contributed by atoms with Crippen LogP contribution in [0, 0.1) is 6.92 Å². The van der Waals surface area contributed by atoms with Crippen LogP contribution in [0.2, 0.25) is 0 Å². The van der Waals surface area contributed by atoms with Gasteiger partial charge in [0.2, 0.25) is 0 Å². The van der Waals surface area contributed by atoms with Crippen molar-refractivity contribution in [3.63, 3.8) is 0 Å². The van der Waals surface area contributed by atoms with Crippen molar-refractivity contribution < 1.29 is 4.42 Å². The maximum atomic E-state index is 6.47. The molecule has 0 aliphatic carbocycles. The van der Waals surface area contributed by atoms with E-state index >= 15 is 0 Å². The highest BCUT2D eigenvalue weighted by molar-refractivity contribution is 7.12.